The number of rotatable bonds is 7. The Hall–Kier alpha value is -0.680. The largest absolute Gasteiger partial charge is 0.395 e. The maximum Gasteiger partial charge on any atom is 0.0558 e. The predicted octanol–water partition coefficient (Wildman–Crippen LogP) is 1.19. The average Bonchev–Trinajstić information content (AvgIpc) is 2.66. The Kier molecular flexibility index (Phi) is 5.57. The van der Waals surface area contributed by atoms with E-state index < -0.39 is 0 Å². The first kappa shape index (κ1) is 12.4. The third kappa shape index (κ3) is 4.13. The summed E-state index contributed by atoms with van der Waals surface area (Å²) >= 11 is 1.73. The van der Waals surface area contributed by atoms with Crippen molar-refractivity contribution in [3.8, 4) is 0 Å². The molecule has 1 rings (SSSR count). The standard InChI is InChI=1S/C11H18N2OS/c1-2-5-13(6-7-14)9-11-4-3-10(8-12)15-11/h2-4,14H,1,5-9,12H2. The Morgan fingerprint density at radius 2 is 2.20 bits per heavy atom. The van der Waals surface area contributed by atoms with E-state index in [9.17, 15) is 0 Å². The van der Waals surface area contributed by atoms with Gasteiger partial charge in [-0.05, 0) is 12.1 Å². The molecule has 0 aromatic carbocycles. The summed E-state index contributed by atoms with van der Waals surface area (Å²) in [5.74, 6) is 0. The molecule has 3 N–H and O–H groups in total. The number of thiophene rings is 1. The molecule has 0 saturated carbocycles. The van der Waals surface area contributed by atoms with Crippen LogP contribution in [0.25, 0.3) is 0 Å². The fourth-order valence-corrected chi connectivity index (χ4v) is 2.34. The van der Waals surface area contributed by atoms with Crippen molar-refractivity contribution in [1.29, 1.82) is 0 Å². The summed E-state index contributed by atoms with van der Waals surface area (Å²) < 4.78 is 0. The fraction of sp³-hybridized carbons (Fsp3) is 0.455. The van der Waals surface area contributed by atoms with Gasteiger partial charge in [0.1, 0.15) is 0 Å². The summed E-state index contributed by atoms with van der Waals surface area (Å²) in [6.45, 7) is 6.84. The van der Waals surface area contributed by atoms with Gasteiger partial charge in [0.05, 0.1) is 6.61 Å². The third-order valence-corrected chi connectivity index (χ3v) is 3.19. The highest BCUT2D eigenvalue weighted by Gasteiger charge is 2.05. The van der Waals surface area contributed by atoms with Gasteiger partial charge in [-0.1, -0.05) is 6.08 Å². The van der Waals surface area contributed by atoms with Gasteiger partial charge in [-0.3, -0.25) is 4.90 Å². The molecule has 4 heteroatoms. The number of hydrogen-bond acceptors (Lipinski definition) is 4. The molecule has 0 aliphatic rings. The molecule has 1 heterocycles. The fourth-order valence-electron chi connectivity index (χ4n) is 1.40. The minimum atomic E-state index is 0.183. The van der Waals surface area contributed by atoms with Crippen LogP contribution < -0.4 is 5.73 Å². The highest BCUT2D eigenvalue weighted by atomic mass is 32.1. The van der Waals surface area contributed by atoms with E-state index >= 15 is 0 Å². The lowest BCUT2D eigenvalue weighted by Crippen LogP contribution is -2.26. The molecular formula is C11H18N2OS. The second kappa shape index (κ2) is 6.74. The van der Waals surface area contributed by atoms with Crippen LogP contribution in [0.5, 0.6) is 0 Å². The van der Waals surface area contributed by atoms with Gasteiger partial charge in [0.25, 0.3) is 0 Å². The molecule has 0 fully saturated rings. The summed E-state index contributed by atoms with van der Waals surface area (Å²) in [5, 5.41) is 8.90. The van der Waals surface area contributed by atoms with Crippen LogP contribution in [0.15, 0.2) is 24.8 Å². The van der Waals surface area contributed by atoms with E-state index in [0.717, 1.165) is 13.1 Å². The van der Waals surface area contributed by atoms with Crippen molar-refractivity contribution in [2.24, 2.45) is 5.73 Å². The Balaban J connectivity index is 2.52. The summed E-state index contributed by atoms with van der Waals surface area (Å²) in [5.41, 5.74) is 5.55. The molecule has 0 amide bonds. The number of aliphatic hydroxyl groups is 1. The first-order valence-corrected chi connectivity index (χ1v) is 5.83. The van der Waals surface area contributed by atoms with Gasteiger partial charge in [-0.25, -0.2) is 0 Å². The highest BCUT2D eigenvalue weighted by molar-refractivity contribution is 7.11. The first-order valence-electron chi connectivity index (χ1n) is 5.02. The van der Waals surface area contributed by atoms with E-state index in [1.54, 1.807) is 11.3 Å². The van der Waals surface area contributed by atoms with Gasteiger partial charge < -0.3 is 10.8 Å². The molecule has 0 bridgehead atoms. The first-order chi connectivity index (χ1) is 7.30. The smallest absolute Gasteiger partial charge is 0.0558 e. The van der Waals surface area contributed by atoms with Gasteiger partial charge in [0.2, 0.25) is 0 Å². The van der Waals surface area contributed by atoms with E-state index in [0.29, 0.717) is 13.1 Å². The maximum absolute atomic E-state index is 8.90. The monoisotopic (exact) mass is 226 g/mol. The van der Waals surface area contributed by atoms with Crippen molar-refractivity contribution >= 4 is 11.3 Å². The normalized spacial score (nSPS) is 10.9. The molecule has 0 radical (unpaired) electrons. The van der Waals surface area contributed by atoms with Gasteiger partial charge in [-0.15, -0.1) is 17.9 Å². The number of hydrogen-bond donors (Lipinski definition) is 2. The number of aliphatic hydroxyl groups excluding tert-OH is 1. The third-order valence-electron chi connectivity index (χ3n) is 2.10. The van der Waals surface area contributed by atoms with Gasteiger partial charge >= 0.3 is 0 Å². The Labute approximate surface area is 94.8 Å². The van der Waals surface area contributed by atoms with Crippen molar-refractivity contribution in [1.82, 2.24) is 4.90 Å². The lowest BCUT2D eigenvalue weighted by Gasteiger charge is -2.18. The van der Waals surface area contributed by atoms with Gasteiger partial charge in [0, 0.05) is 35.9 Å². The predicted molar refractivity (Wildman–Crippen MR) is 64.8 cm³/mol. The summed E-state index contributed by atoms with van der Waals surface area (Å²) in [4.78, 5) is 4.64. The van der Waals surface area contributed by atoms with E-state index in [2.05, 4.69) is 23.6 Å². The molecule has 1 aromatic rings. The van der Waals surface area contributed by atoms with Gasteiger partial charge in [0.15, 0.2) is 0 Å². The molecule has 0 atom stereocenters. The molecule has 1 aromatic heterocycles. The van der Waals surface area contributed by atoms with E-state index in [4.69, 9.17) is 10.8 Å². The zero-order valence-electron chi connectivity index (χ0n) is 8.85. The summed E-state index contributed by atoms with van der Waals surface area (Å²) in [6, 6.07) is 4.16. The zero-order chi connectivity index (χ0) is 11.1. The molecule has 84 valence electrons. The number of nitrogens with zero attached hydrogens (tertiary/aromatic N) is 1. The molecule has 0 unspecified atom stereocenters. The van der Waals surface area contributed by atoms with Crippen LogP contribution in [0, 0.1) is 0 Å². The van der Waals surface area contributed by atoms with Crippen LogP contribution in [0.3, 0.4) is 0 Å². The maximum atomic E-state index is 8.90. The van der Waals surface area contributed by atoms with Crippen LogP contribution in [0.2, 0.25) is 0 Å². The van der Waals surface area contributed by atoms with Gasteiger partial charge in [-0.2, -0.15) is 0 Å². The van der Waals surface area contributed by atoms with Crippen LogP contribution in [0.1, 0.15) is 9.75 Å². The topological polar surface area (TPSA) is 49.5 Å². The molecule has 15 heavy (non-hydrogen) atoms. The SMILES string of the molecule is C=CCN(CCO)Cc1ccc(CN)s1. The molecular weight excluding hydrogens is 208 g/mol. The van der Waals surface area contributed by atoms with Crippen LogP contribution in [-0.2, 0) is 13.1 Å². The second-order valence-corrected chi connectivity index (χ2v) is 4.57. The van der Waals surface area contributed by atoms with E-state index in [1.807, 2.05) is 6.08 Å². The van der Waals surface area contributed by atoms with E-state index in [1.165, 1.54) is 9.75 Å². The summed E-state index contributed by atoms with van der Waals surface area (Å²) in [6.07, 6.45) is 1.85. The Bertz CT molecular complexity index is 299. The summed E-state index contributed by atoms with van der Waals surface area (Å²) in [7, 11) is 0. The van der Waals surface area contributed by atoms with Crippen LogP contribution in [0.4, 0.5) is 0 Å². The van der Waals surface area contributed by atoms with Crippen LogP contribution >= 0.6 is 11.3 Å². The minimum Gasteiger partial charge on any atom is -0.395 e. The molecule has 0 saturated heterocycles. The van der Waals surface area contributed by atoms with Crippen LogP contribution in [-0.4, -0.2) is 29.7 Å². The van der Waals surface area contributed by atoms with Crippen molar-refractivity contribution < 1.29 is 5.11 Å². The van der Waals surface area contributed by atoms with Crippen molar-refractivity contribution in [2.75, 3.05) is 19.7 Å². The lowest BCUT2D eigenvalue weighted by molar-refractivity contribution is 0.204. The van der Waals surface area contributed by atoms with E-state index in [-0.39, 0.29) is 6.61 Å². The quantitative estimate of drug-likeness (QED) is 0.687. The number of nitrogens with two attached hydrogens (primary N) is 1. The average molecular weight is 226 g/mol. The van der Waals surface area contributed by atoms with Crippen molar-refractivity contribution in [3.05, 3.63) is 34.5 Å². The minimum absolute atomic E-state index is 0.183. The molecule has 0 spiro atoms. The Morgan fingerprint density at radius 1 is 1.47 bits per heavy atom. The highest BCUT2D eigenvalue weighted by Crippen LogP contribution is 2.17. The lowest BCUT2D eigenvalue weighted by atomic mass is 10.3. The Morgan fingerprint density at radius 3 is 2.73 bits per heavy atom. The van der Waals surface area contributed by atoms with Crippen molar-refractivity contribution in [2.45, 2.75) is 13.1 Å². The van der Waals surface area contributed by atoms with Crippen molar-refractivity contribution in [3.63, 3.8) is 0 Å². The zero-order valence-corrected chi connectivity index (χ0v) is 9.67. The molecule has 0 aliphatic heterocycles. The molecule has 0 aliphatic carbocycles. The second-order valence-electron chi connectivity index (χ2n) is 3.32. The molecule has 3 nitrogen and oxygen atoms in total.